The third-order valence-electron chi connectivity index (χ3n) is 6.37. The predicted octanol–water partition coefficient (Wildman–Crippen LogP) is 3.18. The molecule has 1 amide bonds. The molecule has 3 aliphatic rings. The van der Waals surface area contributed by atoms with Crippen molar-refractivity contribution in [2.45, 2.75) is 63.3 Å². The number of carbonyl (C=O) groups excluding carboxylic acids is 1. The molecule has 160 valence electrons. The summed E-state index contributed by atoms with van der Waals surface area (Å²) >= 11 is 0. The van der Waals surface area contributed by atoms with Gasteiger partial charge in [-0.05, 0) is 56.7 Å². The standard InChI is InChI=1S/C23H29N3O4/c27-23(25-17-4-6-18(7-5-17)30-14-19-2-1-10-28-19)16-3-8-22-20(12-16)21-13-24-15-26(21)9-11-29-22/h3,8,12-13,15,17-19H,1-2,4-7,9-11,14H2,(H,25,27). The van der Waals surface area contributed by atoms with Crippen LogP contribution in [0.25, 0.3) is 11.3 Å². The number of aromatic nitrogens is 2. The highest BCUT2D eigenvalue weighted by atomic mass is 16.5. The van der Waals surface area contributed by atoms with Gasteiger partial charge in [-0.15, -0.1) is 0 Å². The Kier molecular flexibility index (Phi) is 5.73. The number of nitrogens with zero attached hydrogens (tertiary/aromatic N) is 2. The maximum absolute atomic E-state index is 12.9. The second-order valence-electron chi connectivity index (χ2n) is 8.45. The lowest BCUT2D eigenvalue weighted by molar-refractivity contribution is -0.0349. The lowest BCUT2D eigenvalue weighted by atomic mass is 9.92. The van der Waals surface area contributed by atoms with Gasteiger partial charge in [0.1, 0.15) is 12.4 Å². The molecule has 2 fully saturated rings. The second-order valence-corrected chi connectivity index (χ2v) is 8.45. The Hall–Kier alpha value is -2.38. The zero-order valence-corrected chi connectivity index (χ0v) is 17.2. The first-order valence-corrected chi connectivity index (χ1v) is 11.1. The molecule has 0 bridgehead atoms. The fourth-order valence-corrected chi connectivity index (χ4v) is 4.64. The van der Waals surface area contributed by atoms with E-state index in [4.69, 9.17) is 14.2 Å². The van der Waals surface area contributed by atoms with Crippen LogP contribution in [-0.4, -0.2) is 53.5 Å². The number of imidazole rings is 1. The van der Waals surface area contributed by atoms with Gasteiger partial charge < -0.3 is 24.1 Å². The average molecular weight is 412 g/mol. The van der Waals surface area contributed by atoms with Gasteiger partial charge in [-0.1, -0.05) is 0 Å². The molecule has 1 saturated carbocycles. The minimum absolute atomic E-state index is 0.0307. The molecule has 7 nitrogen and oxygen atoms in total. The number of benzene rings is 1. The quantitative estimate of drug-likeness (QED) is 0.818. The topological polar surface area (TPSA) is 74.6 Å². The zero-order chi connectivity index (χ0) is 20.3. The van der Waals surface area contributed by atoms with Gasteiger partial charge in [0, 0.05) is 23.8 Å². The van der Waals surface area contributed by atoms with Crippen LogP contribution in [0.4, 0.5) is 0 Å². The Bertz CT molecular complexity index is 882. The molecular formula is C23H29N3O4. The fourth-order valence-electron chi connectivity index (χ4n) is 4.64. The fraction of sp³-hybridized carbons (Fsp3) is 0.565. The zero-order valence-electron chi connectivity index (χ0n) is 17.2. The number of ether oxygens (including phenoxy) is 3. The van der Waals surface area contributed by atoms with Gasteiger partial charge in [-0.2, -0.15) is 0 Å². The van der Waals surface area contributed by atoms with Crippen LogP contribution in [-0.2, 0) is 16.0 Å². The normalized spacial score (nSPS) is 25.7. The van der Waals surface area contributed by atoms with Crippen LogP contribution >= 0.6 is 0 Å². The Morgan fingerprint density at radius 1 is 1.20 bits per heavy atom. The van der Waals surface area contributed by atoms with E-state index in [9.17, 15) is 4.79 Å². The van der Waals surface area contributed by atoms with E-state index in [1.165, 1.54) is 0 Å². The molecule has 1 N–H and O–H groups in total. The van der Waals surface area contributed by atoms with E-state index in [2.05, 4.69) is 14.9 Å². The van der Waals surface area contributed by atoms with Gasteiger partial charge in [0.2, 0.25) is 0 Å². The molecule has 30 heavy (non-hydrogen) atoms. The summed E-state index contributed by atoms with van der Waals surface area (Å²) in [4.78, 5) is 17.1. The van der Waals surface area contributed by atoms with Crippen molar-refractivity contribution in [1.82, 2.24) is 14.9 Å². The minimum Gasteiger partial charge on any atom is -0.491 e. The number of carbonyl (C=O) groups is 1. The summed E-state index contributed by atoms with van der Waals surface area (Å²) < 4.78 is 19.6. The van der Waals surface area contributed by atoms with E-state index in [-0.39, 0.29) is 24.2 Å². The molecule has 1 aromatic heterocycles. The highest BCUT2D eigenvalue weighted by Gasteiger charge is 2.26. The summed E-state index contributed by atoms with van der Waals surface area (Å²) in [6, 6.07) is 5.85. The van der Waals surface area contributed by atoms with Crippen LogP contribution in [0.1, 0.15) is 48.9 Å². The molecule has 7 heteroatoms. The third-order valence-corrected chi connectivity index (χ3v) is 6.37. The summed E-state index contributed by atoms with van der Waals surface area (Å²) in [5.41, 5.74) is 2.56. The number of hydrogen-bond donors (Lipinski definition) is 1. The Balaban J connectivity index is 1.17. The van der Waals surface area contributed by atoms with Gasteiger partial charge in [0.05, 0.1) is 43.6 Å². The lowest BCUT2D eigenvalue weighted by Gasteiger charge is -2.29. The number of fused-ring (bicyclic) bond motifs is 3. The maximum atomic E-state index is 12.9. The molecule has 1 saturated heterocycles. The van der Waals surface area contributed by atoms with E-state index in [1.54, 1.807) is 6.33 Å². The first-order valence-electron chi connectivity index (χ1n) is 11.1. The van der Waals surface area contributed by atoms with E-state index >= 15 is 0 Å². The van der Waals surface area contributed by atoms with Gasteiger partial charge in [0.25, 0.3) is 5.91 Å². The summed E-state index contributed by atoms with van der Waals surface area (Å²) in [5.74, 6) is 0.770. The number of nitrogens with one attached hydrogen (secondary N) is 1. The third kappa shape index (κ3) is 4.23. The van der Waals surface area contributed by atoms with E-state index < -0.39 is 0 Å². The Morgan fingerprint density at radius 3 is 2.93 bits per heavy atom. The molecule has 2 aromatic rings. The van der Waals surface area contributed by atoms with Gasteiger partial charge >= 0.3 is 0 Å². The number of hydrogen-bond acceptors (Lipinski definition) is 5. The number of rotatable bonds is 5. The molecule has 1 aliphatic carbocycles. The first kappa shape index (κ1) is 19.6. The second kappa shape index (κ2) is 8.78. The molecule has 5 rings (SSSR count). The smallest absolute Gasteiger partial charge is 0.251 e. The number of amides is 1. The van der Waals surface area contributed by atoms with Crippen molar-refractivity contribution in [3.63, 3.8) is 0 Å². The van der Waals surface area contributed by atoms with Crippen molar-refractivity contribution in [1.29, 1.82) is 0 Å². The predicted molar refractivity (Wildman–Crippen MR) is 112 cm³/mol. The maximum Gasteiger partial charge on any atom is 0.251 e. The molecule has 0 spiro atoms. The molecule has 3 heterocycles. The Morgan fingerprint density at radius 2 is 2.10 bits per heavy atom. The SMILES string of the molecule is O=C(NC1CCC(OCC2CCCO2)CC1)c1ccc2c(c1)-c1cncn1CCO2. The summed E-state index contributed by atoms with van der Waals surface area (Å²) in [6.07, 6.45) is 10.3. The van der Waals surface area contributed by atoms with Crippen molar-refractivity contribution in [3.05, 3.63) is 36.3 Å². The van der Waals surface area contributed by atoms with Crippen LogP contribution in [0.3, 0.4) is 0 Å². The van der Waals surface area contributed by atoms with Gasteiger partial charge in [-0.25, -0.2) is 4.98 Å². The van der Waals surface area contributed by atoms with Crippen molar-refractivity contribution in [2.75, 3.05) is 19.8 Å². The van der Waals surface area contributed by atoms with Crippen LogP contribution in [0.5, 0.6) is 5.75 Å². The van der Waals surface area contributed by atoms with E-state index in [0.29, 0.717) is 18.8 Å². The molecule has 1 unspecified atom stereocenters. The highest BCUT2D eigenvalue weighted by Crippen LogP contribution is 2.33. The van der Waals surface area contributed by atoms with Crippen LogP contribution in [0.15, 0.2) is 30.7 Å². The van der Waals surface area contributed by atoms with E-state index in [1.807, 2.05) is 24.4 Å². The van der Waals surface area contributed by atoms with Gasteiger partial charge in [-0.3, -0.25) is 4.79 Å². The lowest BCUT2D eigenvalue weighted by Crippen LogP contribution is -2.39. The van der Waals surface area contributed by atoms with E-state index in [0.717, 1.165) is 68.7 Å². The van der Waals surface area contributed by atoms with Crippen LogP contribution in [0.2, 0.25) is 0 Å². The largest absolute Gasteiger partial charge is 0.491 e. The summed E-state index contributed by atoms with van der Waals surface area (Å²) in [6.45, 7) is 2.92. The van der Waals surface area contributed by atoms with Crippen molar-refractivity contribution < 1.29 is 19.0 Å². The molecule has 0 radical (unpaired) electrons. The Labute approximate surface area is 176 Å². The molecule has 2 aliphatic heterocycles. The minimum atomic E-state index is -0.0307. The van der Waals surface area contributed by atoms with Crippen LogP contribution < -0.4 is 10.1 Å². The molecular weight excluding hydrogens is 382 g/mol. The summed E-state index contributed by atoms with van der Waals surface area (Å²) in [5, 5.41) is 3.21. The van der Waals surface area contributed by atoms with Crippen molar-refractivity contribution in [2.24, 2.45) is 0 Å². The monoisotopic (exact) mass is 411 g/mol. The first-order chi connectivity index (χ1) is 14.8. The molecule has 1 atom stereocenters. The molecule has 1 aromatic carbocycles. The van der Waals surface area contributed by atoms with Crippen molar-refractivity contribution >= 4 is 5.91 Å². The van der Waals surface area contributed by atoms with Crippen molar-refractivity contribution in [3.8, 4) is 17.0 Å². The average Bonchev–Trinajstić information content (AvgIpc) is 3.43. The van der Waals surface area contributed by atoms with Gasteiger partial charge in [0.15, 0.2) is 0 Å². The van der Waals surface area contributed by atoms with Crippen LogP contribution in [0, 0.1) is 0 Å². The summed E-state index contributed by atoms with van der Waals surface area (Å²) in [7, 11) is 0. The highest BCUT2D eigenvalue weighted by molar-refractivity contribution is 5.96.